The first-order valence-electron chi connectivity index (χ1n) is 5.76. The average Bonchev–Trinajstić information content (AvgIpc) is 2.18. The molecule has 0 aromatic heterocycles. The molecule has 0 saturated carbocycles. The Kier molecular flexibility index (Phi) is 11.6. The Morgan fingerprint density at radius 1 is 1.00 bits per heavy atom. The summed E-state index contributed by atoms with van der Waals surface area (Å²) in [5.74, 6) is 2.31. The summed E-state index contributed by atoms with van der Waals surface area (Å²) < 4.78 is 0. The van der Waals surface area contributed by atoms with Crippen LogP contribution in [-0.2, 0) is 0 Å². The highest BCUT2D eigenvalue weighted by Crippen LogP contribution is 2.04. The van der Waals surface area contributed by atoms with E-state index in [1.807, 2.05) is 11.8 Å². The predicted octanol–water partition coefficient (Wildman–Crippen LogP) is 2.22. The van der Waals surface area contributed by atoms with Crippen LogP contribution in [0.4, 0.5) is 0 Å². The molecule has 3 heteroatoms. The Morgan fingerprint density at radius 2 is 1.64 bits per heavy atom. The van der Waals surface area contributed by atoms with Gasteiger partial charge in [-0.3, -0.25) is 0 Å². The minimum absolute atomic E-state index is 0.334. The molecule has 0 aliphatic rings. The van der Waals surface area contributed by atoms with Crippen molar-refractivity contribution in [2.45, 2.75) is 33.1 Å². The summed E-state index contributed by atoms with van der Waals surface area (Å²) in [6.07, 6.45) is 3.44. The molecule has 0 radical (unpaired) electrons. The molecule has 0 spiro atoms. The maximum Gasteiger partial charge on any atom is 0.0438 e. The van der Waals surface area contributed by atoms with Crippen molar-refractivity contribution >= 4 is 11.8 Å². The lowest BCUT2D eigenvalue weighted by Gasteiger charge is -2.20. The molecule has 0 atom stereocenters. The zero-order chi connectivity index (χ0) is 10.6. The number of hydrogen-bond acceptors (Lipinski definition) is 3. The van der Waals surface area contributed by atoms with Gasteiger partial charge in [-0.1, -0.05) is 13.8 Å². The van der Waals surface area contributed by atoms with Gasteiger partial charge in [0.2, 0.25) is 0 Å². The molecule has 0 amide bonds. The fraction of sp³-hybridized carbons (Fsp3) is 1.00. The van der Waals surface area contributed by atoms with Gasteiger partial charge in [-0.25, -0.2) is 0 Å². The molecule has 0 rings (SSSR count). The summed E-state index contributed by atoms with van der Waals surface area (Å²) in [4.78, 5) is 2.53. The van der Waals surface area contributed by atoms with Crippen molar-refractivity contribution in [1.29, 1.82) is 0 Å². The smallest absolute Gasteiger partial charge is 0.0438 e. The summed E-state index contributed by atoms with van der Waals surface area (Å²) in [6, 6.07) is 0. The summed E-state index contributed by atoms with van der Waals surface area (Å²) in [5.41, 5.74) is 0. The fourth-order valence-electron chi connectivity index (χ4n) is 1.43. The summed E-state index contributed by atoms with van der Waals surface area (Å²) in [7, 11) is 0. The van der Waals surface area contributed by atoms with Crippen LogP contribution in [0.3, 0.4) is 0 Å². The van der Waals surface area contributed by atoms with Gasteiger partial charge in [-0.2, -0.15) is 11.8 Å². The number of rotatable bonds is 10. The van der Waals surface area contributed by atoms with Crippen LogP contribution in [0.1, 0.15) is 33.1 Å². The van der Waals surface area contributed by atoms with Crippen LogP contribution in [0.2, 0.25) is 0 Å². The molecule has 86 valence electrons. The molecular formula is C11H25NOS. The highest BCUT2D eigenvalue weighted by Gasteiger charge is 2.01. The van der Waals surface area contributed by atoms with Crippen LogP contribution in [0.5, 0.6) is 0 Å². The Morgan fingerprint density at radius 3 is 2.14 bits per heavy atom. The number of aliphatic hydroxyl groups is 1. The van der Waals surface area contributed by atoms with Gasteiger partial charge in [-0.15, -0.1) is 0 Å². The van der Waals surface area contributed by atoms with E-state index in [2.05, 4.69) is 18.7 Å². The third-order valence-corrected chi connectivity index (χ3v) is 3.13. The first-order valence-corrected chi connectivity index (χ1v) is 6.91. The normalized spacial score (nSPS) is 11.1. The molecular weight excluding hydrogens is 194 g/mol. The lowest BCUT2D eigenvalue weighted by Crippen LogP contribution is -2.27. The van der Waals surface area contributed by atoms with Gasteiger partial charge in [-0.05, 0) is 38.1 Å². The van der Waals surface area contributed by atoms with Crippen LogP contribution in [0.25, 0.3) is 0 Å². The zero-order valence-electron chi connectivity index (χ0n) is 9.67. The monoisotopic (exact) mass is 219 g/mol. The topological polar surface area (TPSA) is 23.5 Å². The van der Waals surface area contributed by atoms with Gasteiger partial charge in [0, 0.05) is 18.9 Å². The molecule has 14 heavy (non-hydrogen) atoms. The maximum absolute atomic E-state index is 8.62. The lowest BCUT2D eigenvalue weighted by molar-refractivity contribution is 0.291. The van der Waals surface area contributed by atoms with Crippen molar-refractivity contribution in [3.05, 3.63) is 0 Å². The molecule has 0 fully saturated rings. The molecule has 0 aliphatic heterocycles. The number of aliphatic hydroxyl groups excluding tert-OH is 1. The van der Waals surface area contributed by atoms with Gasteiger partial charge in [0.15, 0.2) is 0 Å². The Labute approximate surface area is 93.1 Å². The summed E-state index contributed by atoms with van der Waals surface area (Å²) >= 11 is 1.96. The van der Waals surface area contributed by atoms with Crippen molar-refractivity contribution in [1.82, 2.24) is 4.90 Å². The third-order valence-electron chi connectivity index (χ3n) is 2.08. The molecule has 0 aromatic rings. The van der Waals surface area contributed by atoms with E-state index >= 15 is 0 Å². The van der Waals surface area contributed by atoms with Crippen molar-refractivity contribution in [3.8, 4) is 0 Å². The van der Waals surface area contributed by atoms with E-state index in [9.17, 15) is 0 Å². The SMILES string of the molecule is CCCN(CCC)CCSCCCO. The standard InChI is InChI=1S/C11H25NOS/c1-3-6-12(7-4-2)8-11-14-10-5-9-13/h13H,3-11H2,1-2H3. The molecule has 0 aliphatic carbocycles. The van der Waals surface area contributed by atoms with Crippen LogP contribution in [0, 0.1) is 0 Å². The van der Waals surface area contributed by atoms with Gasteiger partial charge in [0.25, 0.3) is 0 Å². The largest absolute Gasteiger partial charge is 0.396 e. The summed E-state index contributed by atoms with van der Waals surface area (Å²) in [6.45, 7) is 8.48. The Balaban J connectivity index is 3.30. The van der Waals surface area contributed by atoms with E-state index in [1.54, 1.807) is 0 Å². The quantitative estimate of drug-likeness (QED) is 0.570. The van der Waals surface area contributed by atoms with E-state index in [0.29, 0.717) is 6.61 Å². The minimum atomic E-state index is 0.334. The summed E-state index contributed by atoms with van der Waals surface area (Å²) in [5, 5.41) is 8.62. The molecule has 0 heterocycles. The molecule has 0 aromatic carbocycles. The lowest BCUT2D eigenvalue weighted by atomic mass is 10.3. The van der Waals surface area contributed by atoms with Crippen LogP contribution in [-0.4, -0.2) is 47.8 Å². The minimum Gasteiger partial charge on any atom is -0.396 e. The first-order chi connectivity index (χ1) is 6.85. The molecule has 0 saturated heterocycles. The highest BCUT2D eigenvalue weighted by atomic mass is 32.2. The fourth-order valence-corrected chi connectivity index (χ4v) is 2.35. The van der Waals surface area contributed by atoms with Gasteiger partial charge >= 0.3 is 0 Å². The predicted molar refractivity (Wildman–Crippen MR) is 66.0 cm³/mol. The van der Waals surface area contributed by atoms with E-state index in [-0.39, 0.29) is 0 Å². The highest BCUT2D eigenvalue weighted by molar-refractivity contribution is 7.99. The van der Waals surface area contributed by atoms with Crippen molar-refractivity contribution in [2.75, 3.05) is 37.7 Å². The van der Waals surface area contributed by atoms with E-state index in [4.69, 9.17) is 5.11 Å². The van der Waals surface area contributed by atoms with Crippen LogP contribution < -0.4 is 0 Å². The molecule has 0 unspecified atom stereocenters. The van der Waals surface area contributed by atoms with E-state index in [1.165, 1.54) is 38.2 Å². The Hall–Kier alpha value is 0.270. The molecule has 2 nitrogen and oxygen atoms in total. The second kappa shape index (κ2) is 11.3. The second-order valence-corrected chi connectivity index (χ2v) is 4.76. The van der Waals surface area contributed by atoms with Crippen molar-refractivity contribution < 1.29 is 5.11 Å². The van der Waals surface area contributed by atoms with E-state index < -0.39 is 0 Å². The second-order valence-electron chi connectivity index (χ2n) is 3.53. The van der Waals surface area contributed by atoms with Crippen LogP contribution >= 0.6 is 11.8 Å². The third kappa shape index (κ3) is 8.85. The molecule has 1 N–H and O–H groups in total. The first kappa shape index (κ1) is 14.3. The van der Waals surface area contributed by atoms with Crippen molar-refractivity contribution in [3.63, 3.8) is 0 Å². The number of thioether (sulfide) groups is 1. The Bertz CT molecular complexity index is 105. The zero-order valence-corrected chi connectivity index (χ0v) is 10.5. The van der Waals surface area contributed by atoms with E-state index in [0.717, 1.165) is 12.2 Å². The van der Waals surface area contributed by atoms with Gasteiger partial charge in [0.1, 0.15) is 0 Å². The number of nitrogens with zero attached hydrogens (tertiary/aromatic N) is 1. The number of hydrogen-bond donors (Lipinski definition) is 1. The maximum atomic E-state index is 8.62. The average molecular weight is 219 g/mol. The van der Waals surface area contributed by atoms with Crippen LogP contribution in [0.15, 0.2) is 0 Å². The molecule has 0 bridgehead atoms. The van der Waals surface area contributed by atoms with Gasteiger partial charge in [0.05, 0.1) is 0 Å². The van der Waals surface area contributed by atoms with Crippen molar-refractivity contribution in [2.24, 2.45) is 0 Å². The van der Waals surface area contributed by atoms with Gasteiger partial charge < -0.3 is 10.0 Å².